The van der Waals surface area contributed by atoms with Crippen LogP contribution in [0.3, 0.4) is 0 Å². The van der Waals surface area contributed by atoms with Crippen molar-refractivity contribution in [3.63, 3.8) is 0 Å². The van der Waals surface area contributed by atoms with Gasteiger partial charge in [-0.3, -0.25) is 0 Å². The average molecular weight is 555 g/mol. The molecule has 0 unspecified atom stereocenters. The Labute approximate surface area is 250 Å². The molecule has 5 aromatic carbocycles. The first-order valence-electron chi connectivity index (χ1n) is 14.8. The standard InChI is InChI=1S/C39H30N4/c1-3-42-35-16-10-9-15-34(35)40-39(42)31-23-19-28(20-24-31)27-17-21-30(22-18-27)37-26(2)38-33-14-8-7-13-32(33)25-36(43(38)41-37)29-11-5-4-6-12-29/h4-25H,3H2,1-2H3. The van der Waals surface area contributed by atoms with E-state index in [1.807, 2.05) is 6.07 Å². The molecule has 0 aliphatic heterocycles. The molecule has 0 fully saturated rings. The smallest absolute Gasteiger partial charge is 0.141 e. The van der Waals surface area contributed by atoms with Crippen molar-refractivity contribution >= 4 is 27.3 Å². The third-order valence-corrected chi connectivity index (χ3v) is 8.53. The predicted molar refractivity (Wildman–Crippen MR) is 178 cm³/mol. The lowest BCUT2D eigenvalue weighted by molar-refractivity contribution is 0.796. The largest absolute Gasteiger partial charge is 0.324 e. The molecule has 0 saturated carbocycles. The summed E-state index contributed by atoms with van der Waals surface area (Å²) in [6, 6.07) is 47.2. The molecule has 0 atom stereocenters. The summed E-state index contributed by atoms with van der Waals surface area (Å²) in [6.07, 6.45) is 0. The fourth-order valence-corrected chi connectivity index (χ4v) is 6.37. The number of aromatic nitrogens is 4. The number of nitrogens with zero attached hydrogens (tertiary/aromatic N) is 4. The van der Waals surface area contributed by atoms with E-state index >= 15 is 0 Å². The Morgan fingerprint density at radius 1 is 0.605 bits per heavy atom. The molecule has 4 heteroatoms. The van der Waals surface area contributed by atoms with E-state index in [1.165, 1.54) is 33.0 Å². The molecule has 3 heterocycles. The minimum absolute atomic E-state index is 0.879. The van der Waals surface area contributed by atoms with Crippen molar-refractivity contribution in [3.05, 3.63) is 139 Å². The van der Waals surface area contributed by atoms with E-state index in [1.54, 1.807) is 0 Å². The SMILES string of the molecule is CCn1c(-c2ccc(-c3ccc(-c4nn5c(-c6ccccc6)cc6ccccc6c5c4C)cc3)cc2)nc2ccccc21. The van der Waals surface area contributed by atoms with Crippen molar-refractivity contribution in [1.29, 1.82) is 0 Å². The molecule has 0 amide bonds. The van der Waals surface area contributed by atoms with E-state index in [9.17, 15) is 0 Å². The van der Waals surface area contributed by atoms with Crippen molar-refractivity contribution in [2.24, 2.45) is 0 Å². The van der Waals surface area contributed by atoms with E-state index in [2.05, 4.69) is 150 Å². The average Bonchev–Trinajstić information content (AvgIpc) is 3.63. The molecule has 8 rings (SSSR count). The van der Waals surface area contributed by atoms with E-state index in [-0.39, 0.29) is 0 Å². The van der Waals surface area contributed by atoms with Crippen LogP contribution < -0.4 is 0 Å². The predicted octanol–water partition coefficient (Wildman–Crippen LogP) is 9.83. The third-order valence-electron chi connectivity index (χ3n) is 8.53. The summed E-state index contributed by atoms with van der Waals surface area (Å²) < 4.78 is 4.40. The zero-order valence-electron chi connectivity index (χ0n) is 24.2. The van der Waals surface area contributed by atoms with Gasteiger partial charge < -0.3 is 4.57 Å². The fraction of sp³-hybridized carbons (Fsp3) is 0.0769. The summed E-state index contributed by atoms with van der Waals surface area (Å²) in [5, 5.41) is 7.63. The lowest BCUT2D eigenvalue weighted by Gasteiger charge is -2.09. The molecule has 3 aromatic heterocycles. The highest BCUT2D eigenvalue weighted by Crippen LogP contribution is 2.35. The van der Waals surface area contributed by atoms with Crippen LogP contribution >= 0.6 is 0 Å². The van der Waals surface area contributed by atoms with Gasteiger partial charge in [-0.15, -0.1) is 0 Å². The maximum Gasteiger partial charge on any atom is 0.141 e. The Hall–Kier alpha value is -5.48. The highest BCUT2D eigenvalue weighted by molar-refractivity contribution is 6.01. The Balaban J connectivity index is 1.17. The minimum Gasteiger partial charge on any atom is -0.324 e. The van der Waals surface area contributed by atoms with Crippen LogP contribution in [0.5, 0.6) is 0 Å². The second-order valence-electron chi connectivity index (χ2n) is 11.0. The van der Waals surface area contributed by atoms with Crippen molar-refractivity contribution in [2.75, 3.05) is 0 Å². The molecular formula is C39H30N4. The molecule has 0 bridgehead atoms. The summed E-state index contributed by atoms with van der Waals surface area (Å²) in [4.78, 5) is 4.93. The Kier molecular flexibility index (Phi) is 5.93. The summed E-state index contributed by atoms with van der Waals surface area (Å²) in [7, 11) is 0. The molecule has 0 spiro atoms. The van der Waals surface area contributed by atoms with Crippen molar-refractivity contribution in [2.45, 2.75) is 20.4 Å². The molecule has 0 saturated heterocycles. The summed E-state index contributed by atoms with van der Waals surface area (Å²) in [5.41, 5.74) is 12.4. The van der Waals surface area contributed by atoms with Gasteiger partial charge in [-0.1, -0.05) is 115 Å². The van der Waals surface area contributed by atoms with Gasteiger partial charge in [-0.25, -0.2) is 9.50 Å². The number of aryl methyl sites for hydroxylation is 2. The maximum absolute atomic E-state index is 5.20. The lowest BCUT2D eigenvalue weighted by atomic mass is 9.99. The van der Waals surface area contributed by atoms with Gasteiger partial charge in [0.05, 0.1) is 27.9 Å². The van der Waals surface area contributed by atoms with Crippen molar-refractivity contribution < 1.29 is 0 Å². The van der Waals surface area contributed by atoms with Gasteiger partial charge in [0.2, 0.25) is 0 Å². The first-order chi connectivity index (χ1) is 21.2. The minimum atomic E-state index is 0.879. The number of hydrogen-bond acceptors (Lipinski definition) is 2. The second kappa shape index (κ2) is 10.1. The van der Waals surface area contributed by atoms with Gasteiger partial charge in [-0.2, -0.15) is 5.10 Å². The van der Waals surface area contributed by atoms with Crippen LogP contribution in [0, 0.1) is 6.92 Å². The Morgan fingerprint density at radius 2 is 1.23 bits per heavy atom. The molecular weight excluding hydrogens is 524 g/mol. The number of imidazole rings is 1. The van der Waals surface area contributed by atoms with Gasteiger partial charge in [0.15, 0.2) is 0 Å². The number of para-hydroxylation sites is 2. The molecule has 4 nitrogen and oxygen atoms in total. The molecule has 0 aliphatic rings. The zero-order valence-corrected chi connectivity index (χ0v) is 24.2. The maximum atomic E-state index is 5.20. The van der Waals surface area contributed by atoms with E-state index in [4.69, 9.17) is 10.1 Å². The number of fused-ring (bicyclic) bond motifs is 4. The lowest BCUT2D eigenvalue weighted by Crippen LogP contribution is -1.97. The summed E-state index contributed by atoms with van der Waals surface area (Å²) >= 11 is 0. The number of rotatable bonds is 5. The summed E-state index contributed by atoms with van der Waals surface area (Å²) in [5.74, 6) is 1.01. The molecule has 0 N–H and O–H groups in total. The number of benzene rings is 5. The number of pyridine rings is 1. The molecule has 0 aliphatic carbocycles. The van der Waals surface area contributed by atoms with E-state index in [0.717, 1.165) is 51.5 Å². The van der Waals surface area contributed by atoms with Crippen LogP contribution in [0.2, 0.25) is 0 Å². The van der Waals surface area contributed by atoms with Crippen LogP contribution in [-0.4, -0.2) is 19.2 Å². The van der Waals surface area contributed by atoms with Gasteiger partial charge in [0.1, 0.15) is 5.82 Å². The van der Waals surface area contributed by atoms with Gasteiger partial charge in [0.25, 0.3) is 0 Å². The number of hydrogen-bond donors (Lipinski definition) is 0. The first kappa shape index (κ1) is 25.2. The van der Waals surface area contributed by atoms with Crippen LogP contribution in [0.15, 0.2) is 133 Å². The molecule has 43 heavy (non-hydrogen) atoms. The second-order valence-corrected chi connectivity index (χ2v) is 11.0. The van der Waals surface area contributed by atoms with Crippen LogP contribution in [-0.2, 0) is 6.54 Å². The summed E-state index contributed by atoms with van der Waals surface area (Å²) in [6.45, 7) is 5.24. The normalized spacial score (nSPS) is 11.6. The molecule has 206 valence electrons. The van der Waals surface area contributed by atoms with Crippen LogP contribution in [0.4, 0.5) is 0 Å². The van der Waals surface area contributed by atoms with Crippen LogP contribution in [0.25, 0.3) is 72.4 Å². The van der Waals surface area contributed by atoms with E-state index in [0.29, 0.717) is 0 Å². The van der Waals surface area contributed by atoms with Crippen molar-refractivity contribution in [3.8, 4) is 45.0 Å². The van der Waals surface area contributed by atoms with E-state index < -0.39 is 0 Å². The fourth-order valence-electron chi connectivity index (χ4n) is 6.37. The topological polar surface area (TPSA) is 35.1 Å². The van der Waals surface area contributed by atoms with Gasteiger partial charge >= 0.3 is 0 Å². The highest BCUT2D eigenvalue weighted by atomic mass is 15.2. The zero-order chi connectivity index (χ0) is 28.9. The van der Waals surface area contributed by atoms with Crippen molar-refractivity contribution in [1.82, 2.24) is 19.2 Å². The molecule has 0 radical (unpaired) electrons. The Morgan fingerprint density at radius 3 is 1.98 bits per heavy atom. The quantitative estimate of drug-likeness (QED) is 0.212. The first-order valence-corrected chi connectivity index (χ1v) is 14.8. The Bertz CT molecular complexity index is 2250. The monoisotopic (exact) mass is 554 g/mol. The highest BCUT2D eigenvalue weighted by Gasteiger charge is 2.18. The van der Waals surface area contributed by atoms with Gasteiger partial charge in [-0.05, 0) is 48.6 Å². The van der Waals surface area contributed by atoms with Crippen LogP contribution in [0.1, 0.15) is 12.5 Å². The third kappa shape index (κ3) is 4.14. The molecule has 8 aromatic rings. The van der Waals surface area contributed by atoms with Gasteiger partial charge in [0, 0.05) is 34.2 Å².